The van der Waals surface area contributed by atoms with Crippen molar-refractivity contribution < 1.29 is 48.2 Å². The number of nitrogens with zero attached hydrogens (tertiary/aromatic N) is 3. The van der Waals surface area contributed by atoms with Gasteiger partial charge in [-0.2, -0.15) is 0 Å². The number of benzene rings is 2. The number of carboxylic acids is 1. The molecule has 2 aromatic carbocycles. The number of hydrogen-bond acceptors (Lipinski definition) is 10. The minimum atomic E-state index is -1.20. The maximum absolute atomic E-state index is 13.1. The molecule has 3 rings (SSSR count). The van der Waals surface area contributed by atoms with Crippen LogP contribution in [-0.2, 0) is 18.9 Å². The summed E-state index contributed by atoms with van der Waals surface area (Å²) in [6.07, 6.45) is 5.59. The standard InChI is InChI=1S/C35H45N3O10/c1-23(24(2)39)16-17-28(46-34(42)25-12-7-6-8-13-25)32-29(47-35(3,4)48-32)15-11-14-26-20-27(44-19-10-9-18-37-38-36)21-30(45-22-43-5)31(26)33(40)41/h6-8,11-14,16-17,20-21,23-24,28-29,32,39H,9-10,15,18-19,22H2,1-5H3,(H,40,41)/t23-,24+,28?,29+,32?/m1/s1. The Kier molecular flexibility index (Phi) is 14.9. The molecule has 0 amide bonds. The number of ether oxygens (including phenoxy) is 6. The van der Waals surface area contributed by atoms with Crippen LogP contribution in [0.15, 0.2) is 65.8 Å². The molecule has 13 nitrogen and oxygen atoms in total. The largest absolute Gasteiger partial charge is 0.493 e. The zero-order valence-electron chi connectivity index (χ0n) is 28.0. The third-order valence-corrected chi connectivity index (χ3v) is 7.47. The molecule has 0 aromatic heterocycles. The third-order valence-electron chi connectivity index (χ3n) is 7.47. The fourth-order valence-electron chi connectivity index (χ4n) is 4.89. The van der Waals surface area contributed by atoms with E-state index < -0.39 is 42.1 Å². The zero-order valence-corrected chi connectivity index (χ0v) is 28.0. The summed E-state index contributed by atoms with van der Waals surface area (Å²) >= 11 is 0. The van der Waals surface area contributed by atoms with Crippen molar-refractivity contribution in [1.82, 2.24) is 0 Å². The van der Waals surface area contributed by atoms with Crippen LogP contribution in [0.2, 0.25) is 0 Å². The molecule has 0 radical (unpaired) electrons. The number of hydrogen-bond donors (Lipinski definition) is 2. The zero-order chi connectivity index (χ0) is 35.1. The Hall–Kier alpha value is -4.39. The minimum Gasteiger partial charge on any atom is -0.493 e. The summed E-state index contributed by atoms with van der Waals surface area (Å²) in [6, 6.07) is 11.7. The van der Waals surface area contributed by atoms with E-state index in [2.05, 4.69) is 10.0 Å². The molecule has 13 heteroatoms. The molecule has 1 aliphatic rings. The Labute approximate surface area is 280 Å². The molecular weight excluding hydrogens is 622 g/mol. The second kappa shape index (κ2) is 18.8. The maximum atomic E-state index is 13.1. The van der Waals surface area contributed by atoms with Crippen LogP contribution in [0.5, 0.6) is 11.5 Å². The molecule has 2 aromatic rings. The number of aromatic carboxylic acids is 1. The second-order valence-electron chi connectivity index (χ2n) is 11.7. The topological polar surface area (TPSA) is 179 Å². The van der Waals surface area contributed by atoms with Crippen LogP contribution in [0.25, 0.3) is 16.5 Å². The smallest absolute Gasteiger partial charge is 0.340 e. The Morgan fingerprint density at radius 2 is 1.85 bits per heavy atom. The van der Waals surface area contributed by atoms with E-state index in [1.54, 1.807) is 81.5 Å². The molecule has 0 bridgehead atoms. The number of carbonyl (C=O) groups excluding carboxylic acids is 1. The van der Waals surface area contributed by atoms with Gasteiger partial charge in [0.15, 0.2) is 12.6 Å². The van der Waals surface area contributed by atoms with Gasteiger partial charge in [-0.1, -0.05) is 48.5 Å². The Balaban J connectivity index is 1.89. The lowest BCUT2D eigenvalue weighted by Gasteiger charge is -2.25. The average molecular weight is 668 g/mol. The summed E-state index contributed by atoms with van der Waals surface area (Å²) in [5, 5.41) is 23.7. The predicted octanol–water partition coefficient (Wildman–Crippen LogP) is 6.56. The van der Waals surface area contributed by atoms with Gasteiger partial charge in [0.2, 0.25) is 0 Å². The van der Waals surface area contributed by atoms with Gasteiger partial charge in [0.05, 0.1) is 24.4 Å². The van der Waals surface area contributed by atoms with Crippen molar-refractivity contribution in [3.8, 4) is 11.5 Å². The van der Waals surface area contributed by atoms with E-state index in [4.69, 9.17) is 34.0 Å². The van der Waals surface area contributed by atoms with E-state index in [0.29, 0.717) is 42.9 Å². The van der Waals surface area contributed by atoms with Crippen LogP contribution in [-0.4, -0.2) is 79.4 Å². The number of rotatable bonds is 19. The van der Waals surface area contributed by atoms with Gasteiger partial charge in [-0.05, 0) is 81.3 Å². The minimum absolute atomic E-state index is 0.0697. The molecular formula is C35H45N3O10. The van der Waals surface area contributed by atoms with Gasteiger partial charge in [0.1, 0.15) is 29.3 Å². The molecule has 0 aliphatic carbocycles. The normalized spacial score (nSPS) is 19.0. The van der Waals surface area contributed by atoms with Crippen LogP contribution >= 0.6 is 0 Å². The number of aliphatic hydroxyl groups excluding tert-OH is 1. The van der Waals surface area contributed by atoms with E-state index in [1.807, 2.05) is 6.92 Å². The molecule has 2 N–H and O–H groups in total. The van der Waals surface area contributed by atoms with Crippen LogP contribution in [0.1, 0.15) is 73.2 Å². The number of carbonyl (C=O) groups is 2. The highest BCUT2D eigenvalue weighted by Crippen LogP contribution is 2.35. The van der Waals surface area contributed by atoms with Gasteiger partial charge < -0.3 is 38.6 Å². The van der Waals surface area contributed by atoms with E-state index in [9.17, 15) is 19.8 Å². The van der Waals surface area contributed by atoms with Gasteiger partial charge in [0.25, 0.3) is 0 Å². The number of aliphatic hydroxyl groups is 1. The highest BCUT2D eigenvalue weighted by molar-refractivity contribution is 5.95. The highest BCUT2D eigenvalue weighted by Gasteiger charge is 2.45. The SMILES string of the molecule is COCOc1cc(OCCCCN=[N+]=[N-])cc(C=CC[C@@H]2OC(C)(C)OC2C(C=C[C@@H](C)[C@H](C)O)OC(=O)c2ccccc2)c1C(=O)O. The predicted molar refractivity (Wildman–Crippen MR) is 178 cm³/mol. The van der Waals surface area contributed by atoms with Crippen LogP contribution < -0.4 is 9.47 Å². The molecule has 1 aliphatic heterocycles. The number of methoxy groups -OCH3 is 1. The van der Waals surface area contributed by atoms with Gasteiger partial charge in [0, 0.05) is 24.6 Å². The maximum Gasteiger partial charge on any atom is 0.340 e. The monoisotopic (exact) mass is 667 g/mol. The second-order valence-corrected chi connectivity index (χ2v) is 11.7. The summed E-state index contributed by atoms with van der Waals surface area (Å²) < 4.78 is 34.9. The van der Waals surface area contributed by atoms with E-state index in [1.165, 1.54) is 13.2 Å². The molecule has 2 unspecified atom stereocenters. The van der Waals surface area contributed by atoms with Gasteiger partial charge in [-0.15, -0.1) is 0 Å². The van der Waals surface area contributed by atoms with Crippen molar-refractivity contribution in [1.29, 1.82) is 0 Å². The Morgan fingerprint density at radius 1 is 1.10 bits per heavy atom. The lowest BCUT2D eigenvalue weighted by atomic mass is 9.99. The first-order valence-corrected chi connectivity index (χ1v) is 15.8. The van der Waals surface area contributed by atoms with E-state index in [-0.39, 0.29) is 30.4 Å². The summed E-state index contributed by atoms with van der Waals surface area (Å²) in [5.41, 5.74) is 9.07. The molecule has 5 atom stereocenters. The van der Waals surface area contributed by atoms with Crippen LogP contribution in [0.3, 0.4) is 0 Å². The van der Waals surface area contributed by atoms with Crippen LogP contribution in [0, 0.1) is 5.92 Å². The van der Waals surface area contributed by atoms with E-state index >= 15 is 0 Å². The fourth-order valence-corrected chi connectivity index (χ4v) is 4.89. The molecule has 1 heterocycles. The summed E-state index contributed by atoms with van der Waals surface area (Å²) in [6.45, 7) is 7.53. The van der Waals surface area contributed by atoms with Gasteiger partial charge in [-0.25, -0.2) is 9.59 Å². The van der Waals surface area contributed by atoms with Crippen LogP contribution in [0.4, 0.5) is 0 Å². The van der Waals surface area contributed by atoms with Crippen molar-refractivity contribution in [2.24, 2.45) is 11.0 Å². The fraction of sp³-hybridized carbons (Fsp3) is 0.486. The lowest BCUT2D eigenvalue weighted by Crippen LogP contribution is -2.37. The van der Waals surface area contributed by atoms with Crippen molar-refractivity contribution in [3.05, 3.63) is 87.8 Å². The first kappa shape index (κ1) is 38.1. The summed E-state index contributed by atoms with van der Waals surface area (Å²) in [5.74, 6) is -2.52. The Bertz CT molecular complexity index is 1450. The molecule has 48 heavy (non-hydrogen) atoms. The molecule has 1 fully saturated rings. The van der Waals surface area contributed by atoms with Gasteiger partial charge in [-0.3, -0.25) is 0 Å². The molecule has 260 valence electrons. The summed E-state index contributed by atoms with van der Waals surface area (Å²) in [4.78, 5) is 28.2. The third kappa shape index (κ3) is 11.7. The number of esters is 1. The first-order valence-electron chi connectivity index (χ1n) is 15.8. The average Bonchev–Trinajstić information content (AvgIpc) is 3.36. The number of unbranched alkanes of at least 4 members (excludes halogenated alkanes) is 1. The van der Waals surface area contributed by atoms with Crippen molar-refractivity contribution in [2.75, 3.05) is 27.1 Å². The van der Waals surface area contributed by atoms with Crippen molar-refractivity contribution >= 4 is 18.0 Å². The first-order chi connectivity index (χ1) is 23.0. The molecule has 1 saturated heterocycles. The quantitative estimate of drug-likeness (QED) is 0.0317. The number of azide groups is 1. The highest BCUT2D eigenvalue weighted by atomic mass is 16.8. The van der Waals surface area contributed by atoms with Crippen molar-refractivity contribution in [2.45, 2.75) is 77.2 Å². The number of carboxylic acid groups (broad SMARTS) is 1. The van der Waals surface area contributed by atoms with Crippen molar-refractivity contribution in [3.63, 3.8) is 0 Å². The van der Waals surface area contributed by atoms with Gasteiger partial charge >= 0.3 is 11.9 Å². The Morgan fingerprint density at radius 3 is 2.52 bits per heavy atom. The molecule has 0 spiro atoms. The summed E-state index contributed by atoms with van der Waals surface area (Å²) in [7, 11) is 1.43. The lowest BCUT2D eigenvalue weighted by molar-refractivity contribution is -0.152. The molecule has 0 saturated carbocycles. The van der Waals surface area contributed by atoms with E-state index in [0.717, 1.165) is 0 Å².